The molecule has 1 atom stereocenters. The maximum Gasteiger partial charge on any atom is 0.134 e. The lowest BCUT2D eigenvalue weighted by Gasteiger charge is -2.22. The van der Waals surface area contributed by atoms with Crippen LogP contribution in [0, 0.1) is 0 Å². The van der Waals surface area contributed by atoms with Gasteiger partial charge in [-0.2, -0.15) is 0 Å². The molecule has 1 aliphatic rings. The van der Waals surface area contributed by atoms with Crippen molar-refractivity contribution < 1.29 is 9.22 Å². The molecule has 0 saturated carbocycles. The Morgan fingerprint density at radius 3 is 2.85 bits per heavy atom. The average molecular weight is 294 g/mol. The molecule has 0 spiro atoms. The summed E-state index contributed by atoms with van der Waals surface area (Å²) in [5.41, 5.74) is 2.98. The van der Waals surface area contributed by atoms with Crippen molar-refractivity contribution in [2.75, 3.05) is 20.1 Å². The highest BCUT2D eigenvalue weighted by molar-refractivity contribution is 6.32. The number of phenols is 1. The fourth-order valence-corrected chi connectivity index (χ4v) is 2.98. The first-order valence-corrected chi connectivity index (χ1v) is 7.05. The van der Waals surface area contributed by atoms with E-state index in [2.05, 4.69) is 0 Å². The van der Waals surface area contributed by atoms with Crippen molar-refractivity contribution in [2.45, 2.75) is 12.3 Å². The lowest BCUT2D eigenvalue weighted by atomic mass is 9.88. The Morgan fingerprint density at radius 2 is 2.10 bits per heavy atom. The number of halogens is 1. The van der Waals surface area contributed by atoms with Gasteiger partial charge in [0.25, 0.3) is 0 Å². The molecular formula is C17H18ClNO. The first kappa shape index (κ1) is 10.3. The zero-order valence-electron chi connectivity index (χ0n) is 14.0. The second-order valence-electron chi connectivity index (χ2n) is 5.16. The van der Waals surface area contributed by atoms with Crippen LogP contribution < -0.4 is 0 Å². The average Bonchev–Trinajstić information content (AvgIpc) is 2.68. The molecule has 0 saturated heterocycles. The number of hydrogen-bond acceptors (Lipinski definition) is 2. The van der Waals surface area contributed by atoms with E-state index in [-0.39, 0.29) is 11.7 Å². The van der Waals surface area contributed by atoms with Gasteiger partial charge in [0.15, 0.2) is 0 Å². The summed E-state index contributed by atoms with van der Waals surface area (Å²) >= 11 is 6.04. The van der Waals surface area contributed by atoms with Crippen molar-refractivity contribution in [3.8, 4) is 5.75 Å². The largest absolute Gasteiger partial charge is 0.506 e. The fourth-order valence-electron chi connectivity index (χ4n) is 2.80. The Labute approximate surface area is 128 Å². The van der Waals surface area contributed by atoms with Crippen molar-refractivity contribution >= 4 is 11.6 Å². The third-order valence-electron chi connectivity index (χ3n) is 3.84. The molecule has 2 aromatic rings. The van der Waals surface area contributed by atoms with Gasteiger partial charge < -0.3 is 10.0 Å². The Balaban J connectivity index is 2.11. The van der Waals surface area contributed by atoms with Gasteiger partial charge in [-0.25, -0.2) is 0 Å². The zero-order chi connectivity index (χ0) is 16.6. The molecule has 3 heteroatoms. The van der Waals surface area contributed by atoms with Gasteiger partial charge in [0.2, 0.25) is 0 Å². The number of likely N-dealkylation sites (N-methyl/N-ethyl adjacent to an activating group) is 1. The van der Waals surface area contributed by atoms with Crippen LogP contribution in [0.25, 0.3) is 0 Å². The van der Waals surface area contributed by atoms with Gasteiger partial charge >= 0.3 is 0 Å². The molecule has 0 aromatic heterocycles. The van der Waals surface area contributed by atoms with Crippen LogP contribution in [0.15, 0.2) is 42.5 Å². The zero-order valence-corrected chi connectivity index (χ0v) is 11.8. The maximum absolute atomic E-state index is 10.0. The van der Waals surface area contributed by atoms with Gasteiger partial charge in [0.1, 0.15) is 5.75 Å². The molecular weight excluding hydrogens is 270 g/mol. The maximum atomic E-state index is 10.0. The summed E-state index contributed by atoms with van der Waals surface area (Å²) in [5.74, 6) is -0.0778. The molecule has 1 N–H and O–H groups in total. The molecule has 1 heterocycles. The van der Waals surface area contributed by atoms with Gasteiger partial charge in [0, 0.05) is 23.1 Å². The monoisotopic (exact) mass is 293 g/mol. The van der Waals surface area contributed by atoms with Crippen molar-refractivity contribution in [3.63, 3.8) is 0 Å². The van der Waals surface area contributed by atoms with Gasteiger partial charge in [-0.05, 0) is 42.2 Å². The Hall–Kier alpha value is -1.51. The van der Waals surface area contributed by atoms with E-state index < -0.39 is 6.98 Å². The fraction of sp³-hybridized carbons (Fsp3) is 0.294. The lowest BCUT2D eigenvalue weighted by Crippen LogP contribution is -2.24. The van der Waals surface area contributed by atoms with E-state index in [0.29, 0.717) is 24.5 Å². The molecule has 0 bridgehead atoms. The summed E-state index contributed by atoms with van der Waals surface area (Å²) in [7, 11) is 0. The molecule has 0 unspecified atom stereocenters. The quantitative estimate of drug-likeness (QED) is 0.867. The Kier molecular flexibility index (Phi) is 2.80. The van der Waals surface area contributed by atoms with Crippen LogP contribution >= 0.6 is 11.6 Å². The van der Waals surface area contributed by atoms with E-state index in [1.165, 1.54) is 4.90 Å². The lowest BCUT2D eigenvalue weighted by molar-refractivity contribution is 0.338. The Bertz CT molecular complexity index is 703. The SMILES string of the molecule is [3H]C([3H])([3H])N1CCc2cc(Cl)c(O)cc2[C@@H](c2ccccc2)C1. The predicted octanol–water partition coefficient (Wildman–Crippen LogP) is 3.67. The van der Waals surface area contributed by atoms with Crippen LogP contribution in [0.5, 0.6) is 5.75 Å². The van der Waals surface area contributed by atoms with Crippen LogP contribution in [0.3, 0.4) is 0 Å². The van der Waals surface area contributed by atoms with E-state index in [0.717, 1.165) is 16.7 Å². The summed E-state index contributed by atoms with van der Waals surface area (Å²) in [6.07, 6.45) is 0.594. The topological polar surface area (TPSA) is 23.5 Å². The van der Waals surface area contributed by atoms with Crippen LogP contribution in [0.2, 0.25) is 5.02 Å². The molecule has 3 rings (SSSR count). The first-order chi connectivity index (χ1) is 10.9. The van der Waals surface area contributed by atoms with Gasteiger partial charge in [0.05, 0.1) is 5.02 Å². The van der Waals surface area contributed by atoms with Crippen molar-refractivity contribution in [3.05, 3.63) is 64.2 Å². The molecule has 2 nitrogen and oxygen atoms in total. The molecule has 0 aliphatic carbocycles. The third-order valence-corrected chi connectivity index (χ3v) is 4.14. The number of rotatable bonds is 1. The van der Waals surface area contributed by atoms with E-state index in [4.69, 9.17) is 15.7 Å². The minimum atomic E-state index is -2.14. The van der Waals surface area contributed by atoms with Crippen LogP contribution in [-0.2, 0) is 6.42 Å². The molecule has 1 aliphatic heterocycles. The molecule has 0 radical (unpaired) electrons. The van der Waals surface area contributed by atoms with Gasteiger partial charge in [-0.1, -0.05) is 41.9 Å². The summed E-state index contributed by atoms with van der Waals surface area (Å²) in [4.78, 5) is 1.52. The number of aromatic hydroxyl groups is 1. The van der Waals surface area contributed by atoms with Crippen LogP contribution in [0.1, 0.15) is 26.7 Å². The van der Waals surface area contributed by atoms with E-state index >= 15 is 0 Å². The van der Waals surface area contributed by atoms with Crippen molar-refractivity contribution in [2.24, 2.45) is 0 Å². The van der Waals surface area contributed by atoms with Crippen LogP contribution in [0.4, 0.5) is 0 Å². The molecule has 104 valence electrons. The normalized spacial score (nSPS) is 22.2. The number of hydrogen-bond donors (Lipinski definition) is 1. The van der Waals surface area contributed by atoms with Gasteiger partial charge in [-0.3, -0.25) is 0 Å². The minimum Gasteiger partial charge on any atom is -0.506 e. The summed E-state index contributed by atoms with van der Waals surface area (Å²) < 4.78 is 23.3. The summed E-state index contributed by atoms with van der Waals surface area (Å²) in [6.45, 7) is -1.32. The minimum absolute atomic E-state index is 0.0358. The Morgan fingerprint density at radius 1 is 1.30 bits per heavy atom. The van der Waals surface area contributed by atoms with E-state index in [1.54, 1.807) is 12.1 Å². The number of benzene rings is 2. The third kappa shape index (κ3) is 2.54. The second kappa shape index (κ2) is 5.47. The number of nitrogens with zero attached hydrogens (tertiary/aromatic N) is 1. The van der Waals surface area contributed by atoms with E-state index in [9.17, 15) is 5.11 Å². The second-order valence-corrected chi connectivity index (χ2v) is 5.57. The van der Waals surface area contributed by atoms with Gasteiger partial charge in [-0.15, -0.1) is 0 Å². The smallest absolute Gasteiger partial charge is 0.134 e. The predicted molar refractivity (Wildman–Crippen MR) is 82.6 cm³/mol. The molecule has 2 aromatic carbocycles. The summed E-state index contributed by atoms with van der Waals surface area (Å²) in [5, 5.41) is 10.3. The number of phenolic OH excluding ortho intramolecular Hbond substituents is 1. The molecule has 0 fully saturated rings. The highest BCUT2D eigenvalue weighted by atomic mass is 35.5. The van der Waals surface area contributed by atoms with E-state index in [1.807, 2.05) is 30.3 Å². The standard InChI is InChI=1S/C17H18ClNO/c1-19-8-7-13-9-16(18)17(20)10-14(13)15(11-19)12-5-3-2-4-6-12/h2-6,9-10,15,20H,7-8,11H2,1H3/t15-/m1/s1/i1T3. The van der Waals surface area contributed by atoms with Crippen molar-refractivity contribution in [1.82, 2.24) is 4.90 Å². The molecule has 20 heavy (non-hydrogen) atoms. The first-order valence-electron chi connectivity index (χ1n) is 8.17. The summed E-state index contributed by atoms with van der Waals surface area (Å²) in [6, 6.07) is 13.2. The van der Waals surface area contributed by atoms with Crippen molar-refractivity contribution in [1.29, 1.82) is 0 Å². The highest BCUT2D eigenvalue weighted by Crippen LogP contribution is 2.36. The number of fused-ring (bicyclic) bond motifs is 1. The highest BCUT2D eigenvalue weighted by Gasteiger charge is 2.24. The molecule has 0 amide bonds. The van der Waals surface area contributed by atoms with Crippen LogP contribution in [-0.4, -0.2) is 30.1 Å².